The molecule has 0 saturated carbocycles. The lowest BCUT2D eigenvalue weighted by atomic mass is 9.84. The predicted molar refractivity (Wildman–Crippen MR) is 120 cm³/mol. The van der Waals surface area contributed by atoms with Gasteiger partial charge >= 0.3 is 0 Å². The van der Waals surface area contributed by atoms with Crippen molar-refractivity contribution in [1.29, 1.82) is 0 Å². The van der Waals surface area contributed by atoms with Crippen molar-refractivity contribution in [2.45, 2.75) is 26.2 Å². The predicted octanol–water partition coefficient (Wildman–Crippen LogP) is 4.79. The second-order valence-electron chi connectivity index (χ2n) is 8.41. The van der Waals surface area contributed by atoms with Crippen molar-refractivity contribution in [2.24, 2.45) is 7.05 Å². The minimum Gasteiger partial charge on any atom is -0.351 e. The van der Waals surface area contributed by atoms with Crippen molar-refractivity contribution in [3.63, 3.8) is 0 Å². The van der Waals surface area contributed by atoms with Gasteiger partial charge in [-0.25, -0.2) is 9.37 Å². The third-order valence-corrected chi connectivity index (χ3v) is 5.79. The molecule has 31 heavy (non-hydrogen) atoms. The Morgan fingerprint density at radius 1 is 1.13 bits per heavy atom. The second kappa shape index (κ2) is 7.95. The van der Waals surface area contributed by atoms with E-state index in [0.29, 0.717) is 17.8 Å². The highest BCUT2D eigenvalue weighted by molar-refractivity contribution is 6.07. The van der Waals surface area contributed by atoms with Crippen LogP contribution >= 0.6 is 0 Å². The third kappa shape index (κ3) is 4.06. The summed E-state index contributed by atoms with van der Waals surface area (Å²) >= 11 is 0. The molecular formula is C25H25FN4O. The van der Waals surface area contributed by atoms with Crippen molar-refractivity contribution in [3.05, 3.63) is 83.4 Å². The first-order valence-corrected chi connectivity index (χ1v) is 10.2. The minimum atomic E-state index is -0.352. The van der Waals surface area contributed by atoms with Gasteiger partial charge in [0.2, 0.25) is 0 Å². The summed E-state index contributed by atoms with van der Waals surface area (Å²) in [5.41, 5.74) is 4.52. The number of fused-ring (bicyclic) bond motifs is 1. The fraction of sp³-hybridized carbons (Fsp3) is 0.240. The van der Waals surface area contributed by atoms with E-state index < -0.39 is 0 Å². The van der Waals surface area contributed by atoms with Gasteiger partial charge in [0.15, 0.2) is 0 Å². The average Bonchev–Trinajstić information content (AvgIpc) is 3.10. The number of benzene rings is 2. The zero-order valence-electron chi connectivity index (χ0n) is 18.1. The molecule has 1 amide bonds. The zero-order chi connectivity index (χ0) is 22.2. The van der Waals surface area contributed by atoms with E-state index in [1.807, 2.05) is 58.2 Å². The van der Waals surface area contributed by atoms with E-state index >= 15 is 0 Å². The highest BCUT2D eigenvalue weighted by Crippen LogP contribution is 2.27. The first-order valence-electron chi connectivity index (χ1n) is 10.2. The van der Waals surface area contributed by atoms with Crippen molar-refractivity contribution in [3.8, 4) is 11.3 Å². The van der Waals surface area contributed by atoms with Crippen LogP contribution in [0.25, 0.3) is 22.2 Å². The summed E-state index contributed by atoms with van der Waals surface area (Å²) in [6.45, 7) is 6.44. The molecule has 158 valence electrons. The molecule has 2 heterocycles. The molecule has 0 fully saturated rings. The van der Waals surface area contributed by atoms with Crippen molar-refractivity contribution in [2.75, 3.05) is 6.54 Å². The van der Waals surface area contributed by atoms with Crippen LogP contribution < -0.4 is 5.32 Å². The number of hydrogen-bond acceptors (Lipinski definition) is 3. The molecule has 2 aromatic carbocycles. The number of halogens is 1. The van der Waals surface area contributed by atoms with Crippen molar-refractivity contribution >= 4 is 16.8 Å². The fourth-order valence-corrected chi connectivity index (χ4v) is 3.65. The Morgan fingerprint density at radius 3 is 2.52 bits per heavy atom. The van der Waals surface area contributed by atoms with Gasteiger partial charge in [-0.2, -0.15) is 5.10 Å². The first kappa shape index (κ1) is 20.7. The summed E-state index contributed by atoms with van der Waals surface area (Å²) in [7, 11) is 1.88. The van der Waals surface area contributed by atoms with E-state index in [-0.39, 0.29) is 17.1 Å². The van der Waals surface area contributed by atoms with E-state index in [0.717, 1.165) is 27.7 Å². The Kier molecular flexibility index (Phi) is 5.31. The van der Waals surface area contributed by atoms with Crippen LogP contribution in [0, 0.1) is 12.7 Å². The van der Waals surface area contributed by atoms with E-state index in [1.54, 1.807) is 23.0 Å². The molecule has 4 rings (SSSR count). The van der Waals surface area contributed by atoms with Gasteiger partial charge in [0.05, 0.1) is 23.0 Å². The van der Waals surface area contributed by atoms with Crippen LogP contribution in [0.15, 0.2) is 60.8 Å². The van der Waals surface area contributed by atoms with Gasteiger partial charge in [0.1, 0.15) is 5.82 Å². The number of aryl methyl sites for hydroxylation is 1. The number of pyridine rings is 1. The molecule has 0 atom stereocenters. The fourth-order valence-electron chi connectivity index (χ4n) is 3.65. The standard InChI is InChI=1S/C25H25FN4O/c1-16-21(14-28-30(16)4)23-13-20(19-7-5-6-8-22(19)29-23)24(31)27-15-25(2,3)17-9-11-18(26)12-10-17/h5-14H,15H2,1-4H3,(H,27,31). The third-order valence-electron chi connectivity index (χ3n) is 5.79. The van der Waals surface area contributed by atoms with Gasteiger partial charge in [-0.15, -0.1) is 0 Å². The lowest BCUT2D eigenvalue weighted by Gasteiger charge is -2.26. The molecule has 4 aromatic rings. The maximum Gasteiger partial charge on any atom is 0.252 e. The SMILES string of the molecule is Cc1c(-c2cc(C(=O)NCC(C)(C)c3ccc(F)cc3)c3ccccc3n2)cnn1C. The number of para-hydroxylation sites is 1. The molecule has 1 N–H and O–H groups in total. The molecule has 0 bridgehead atoms. The summed E-state index contributed by atoms with van der Waals surface area (Å²) in [6, 6.07) is 15.8. The van der Waals surface area contributed by atoms with Crippen LogP contribution in [-0.2, 0) is 12.5 Å². The van der Waals surface area contributed by atoms with Gasteiger partial charge in [-0.05, 0) is 36.8 Å². The van der Waals surface area contributed by atoms with Crippen molar-refractivity contribution in [1.82, 2.24) is 20.1 Å². The van der Waals surface area contributed by atoms with Crippen LogP contribution in [0.4, 0.5) is 4.39 Å². The van der Waals surface area contributed by atoms with Gasteiger partial charge in [-0.1, -0.05) is 44.2 Å². The molecule has 0 aliphatic carbocycles. The molecule has 6 heteroatoms. The monoisotopic (exact) mass is 416 g/mol. The molecule has 0 aliphatic rings. The molecule has 0 saturated heterocycles. The number of rotatable bonds is 5. The van der Waals surface area contributed by atoms with Crippen LogP contribution in [0.3, 0.4) is 0 Å². The van der Waals surface area contributed by atoms with Crippen LogP contribution in [0.1, 0.15) is 35.5 Å². The number of carbonyl (C=O) groups is 1. The number of aromatic nitrogens is 3. The average molecular weight is 417 g/mol. The van der Waals surface area contributed by atoms with Gasteiger partial charge in [0.25, 0.3) is 5.91 Å². The van der Waals surface area contributed by atoms with Crippen LogP contribution in [0.2, 0.25) is 0 Å². The smallest absolute Gasteiger partial charge is 0.252 e. The number of nitrogens with zero attached hydrogens (tertiary/aromatic N) is 3. The number of carbonyl (C=O) groups excluding carboxylic acids is 1. The highest BCUT2D eigenvalue weighted by Gasteiger charge is 2.23. The number of amides is 1. The van der Waals surface area contributed by atoms with Gasteiger partial charge in [0, 0.05) is 35.7 Å². The molecular weight excluding hydrogens is 391 g/mol. The Bertz CT molecular complexity index is 1260. The van der Waals surface area contributed by atoms with E-state index in [1.165, 1.54) is 12.1 Å². The largest absolute Gasteiger partial charge is 0.351 e. The van der Waals surface area contributed by atoms with E-state index in [2.05, 4.69) is 10.4 Å². The normalized spacial score (nSPS) is 11.6. The topological polar surface area (TPSA) is 59.8 Å². The zero-order valence-corrected chi connectivity index (χ0v) is 18.1. The maximum absolute atomic E-state index is 13.3. The Morgan fingerprint density at radius 2 is 1.84 bits per heavy atom. The highest BCUT2D eigenvalue weighted by atomic mass is 19.1. The molecule has 0 spiro atoms. The van der Waals surface area contributed by atoms with Gasteiger partial charge in [-0.3, -0.25) is 9.48 Å². The summed E-state index contributed by atoms with van der Waals surface area (Å²) < 4.78 is 15.1. The first-order chi connectivity index (χ1) is 14.8. The van der Waals surface area contributed by atoms with Gasteiger partial charge < -0.3 is 5.32 Å². The molecule has 0 unspecified atom stereocenters. The lowest BCUT2D eigenvalue weighted by molar-refractivity contribution is 0.0947. The summed E-state index contributed by atoms with van der Waals surface area (Å²) in [5, 5.41) is 8.16. The lowest BCUT2D eigenvalue weighted by Crippen LogP contribution is -2.36. The van der Waals surface area contributed by atoms with E-state index in [9.17, 15) is 9.18 Å². The molecule has 0 radical (unpaired) electrons. The summed E-state index contributed by atoms with van der Waals surface area (Å²) in [4.78, 5) is 18.0. The number of nitrogens with one attached hydrogen (secondary N) is 1. The summed E-state index contributed by atoms with van der Waals surface area (Å²) in [5.74, 6) is -0.443. The van der Waals surface area contributed by atoms with Crippen LogP contribution in [-0.4, -0.2) is 27.2 Å². The van der Waals surface area contributed by atoms with E-state index in [4.69, 9.17) is 4.98 Å². The second-order valence-corrected chi connectivity index (χ2v) is 8.41. The molecule has 5 nitrogen and oxygen atoms in total. The maximum atomic E-state index is 13.3. The van der Waals surface area contributed by atoms with Crippen molar-refractivity contribution < 1.29 is 9.18 Å². The minimum absolute atomic E-state index is 0.170. The Hall–Kier alpha value is -3.54. The molecule has 2 aromatic heterocycles. The quantitative estimate of drug-likeness (QED) is 0.509. The Balaban J connectivity index is 1.67. The summed E-state index contributed by atoms with van der Waals surface area (Å²) in [6.07, 6.45) is 1.77. The molecule has 0 aliphatic heterocycles. The van der Waals surface area contributed by atoms with Crippen LogP contribution in [0.5, 0.6) is 0 Å². The number of hydrogen-bond donors (Lipinski definition) is 1. The Labute approximate surface area is 180 Å².